The molecule has 0 aromatic carbocycles. The first kappa shape index (κ1) is 13.6. The maximum Gasteiger partial charge on any atom is 0.253 e. The maximum absolute atomic E-state index is 11.6. The molecule has 0 radical (unpaired) electrons. The predicted molar refractivity (Wildman–Crippen MR) is 68.2 cm³/mol. The smallest absolute Gasteiger partial charge is 0.253 e. The van der Waals surface area contributed by atoms with Crippen LogP contribution in [0.15, 0.2) is 22.8 Å². The van der Waals surface area contributed by atoms with Gasteiger partial charge in [0.15, 0.2) is 5.41 Å². The lowest BCUT2D eigenvalue weighted by Gasteiger charge is -2.42. The van der Waals surface area contributed by atoms with E-state index in [9.17, 15) is 25.7 Å². The highest BCUT2D eigenvalue weighted by molar-refractivity contribution is 5.34. The van der Waals surface area contributed by atoms with E-state index in [0.29, 0.717) is 6.42 Å². The van der Waals surface area contributed by atoms with Gasteiger partial charge < -0.3 is 9.52 Å². The monoisotopic (exact) mass is 287 g/mol. The summed E-state index contributed by atoms with van der Waals surface area (Å²) in [6.07, 6.45) is 2.12. The Labute approximate surface area is 120 Å². The van der Waals surface area contributed by atoms with Gasteiger partial charge in [-0.1, -0.05) is 0 Å². The van der Waals surface area contributed by atoms with Gasteiger partial charge in [0.05, 0.1) is 18.4 Å². The average molecular weight is 287 g/mol. The van der Waals surface area contributed by atoms with E-state index < -0.39 is 27.9 Å². The average Bonchev–Trinajstić information content (AvgIpc) is 3.08. The van der Waals surface area contributed by atoms with E-state index in [0.717, 1.165) is 0 Å². The van der Waals surface area contributed by atoms with Crippen molar-refractivity contribution in [1.82, 2.24) is 0 Å². The molecular weight excluding hydrogens is 274 g/mol. The number of nitrogens with zero attached hydrogens (tertiary/aromatic N) is 3. The summed E-state index contributed by atoms with van der Waals surface area (Å²) in [5, 5.41) is 41.4. The van der Waals surface area contributed by atoms with Crippen LogP contribution in [0.3, 0.4) is 0 Å². The van der Waals surface area contributed by atoms with Crippen molar-refractivity contribution in [3.8, 4) is 12.1 Å². The number of nitriles is 2. The number of furan rings is 1. The fourth-order valence-electron chi connectivity index (χ4n) is 4.04. The van der Waals surface area contributed by atoms with E-state index in [2.05, 4.69) is 0 Å². The van der Waals surface area contributed by atoms with Crippen LogP contribution in [0.25, 0.3) is 0 Å². The fraction of sp³-hybridized carbons (Fsp3) is 0.571. The maximum atomic E-state index is 11.6. The molecule has 21 heavy (non-hydrogen) atoms. The molecule has 2 aliphatic carbocycles. The van der Waals surface area contributed by atoms with Crippen molar-refractivity contribution < 1.29 is 14.4 Å². The predicted octanol–water partition coefficient (Wildman–Crippen LogP) is 1.59. The second kappa shape index (κ2) is 4.31. The molecule has 7 nitrogen and oxygen atoms in total. The van der Waals surface area contributed by atoms with Gasteiger partial charge in [0, 0.05) is 4.92 Å². The number of rotatable bonds is 2. The molecule has 4 atom stereocenters. The van der Waals surface area contributed by atoms with Gasteiger partial charge in [-0.25, -0.2) is 0 Å². The van der Waals surface area contributed by atoms with Crippen molar-refractivity contribution in [2.75, 3.05) is 0 Å². The lowest BCUT2D eigenvalue weighted by atomic mass is 9.58. The SMILES string of the molecule is N#CC1(C#N)[C@@H]2CC[C@@](O)(C2)[C@H]([N+](=O)[O-])[C@H]1c1ccco1. The summed E-state index contributed by atoms with van der Waals surface area (Å²) in [4.78, 5) is 11.0. The van der Waals surface area contributed by atoms with Crippen LogP contribution >= 0.6 is 0 Å². The number of fused-ring (bicyclic) bond motifs is 2. The Morgan fingerprint density at radius 2 is 2.19 bits per heavy atom. The number of nitro groups is 1. The van der Waals surface area contributed by atoms with Crippen LogP contribution in [0.1, 0.15) is 30.9 Å². The highest BCUT2D eigenvalue weighted by atomic mass is 16.6. The number of hydrogen-bond acceptors (Lipinski definition) is 6. The molecule has 1 aromatic rings. The van der Waals surface area contributed by atoms with Crippen molar-refractivity contribution in [1.29, 1.82) is 10.5 Å². The third-order valence-corrected chi connectivity index (χ3v) is 4.97. The van der Waals surface area contributed by atoms with Crippen molar-refractivity contribution in [3.05, 3.63) is 34.3 Å². The summed E-state index contributed by atoms with van der Waals surface area (Å²) < 4.78 is 5.26. The minimum absolute atomic E-state index is 0.108. The molecule has 3 rings (SSSR count). The van der Waals surface area contributed by atoms with Crippen LogP contribution in [-0.4, -0.2) is 21.7 Å². The second-order valence-electron chi connectivity index (χ2n) is 5.86. The van der Waals surface area contributed by atoms with Crippen LogP contribution < -0.4 is 0 Å². The summed E-state index contributed by atoms with van der Waals surface area (Å²) in [5.41, 5.74) is -3.03. The molecule has 2 aliphatic rings. The number of aliphatic hydroxyl groups is 1. The van der Waals surface area contributed by atoms with Crippen molar-refractivity contribution in [2.24, 2.45) is 11.3 Å². The summed E-state index contributed by atoms with van der Waals surface area (Å²) in [7, 11) is 0. The molecule has 0 amide bonds. The summed E-state index contributed by atoms with van der Waals surface area (Å²) in [5.74, 6) is -1.24. The lowest BCUT2D eigenvalue weighted by molar-refractivity contribution is -0.555. The minimum atomic E-state index is -1.54. The molecule has 2 fully saturated rings. The van der Waals surface area contributed by atoms with Crippen molar-refractivity contribution >= 4 is 0 Å². The highest BCUT2D eigenvalue weighted by Gasteiger charge is 2.70. The Morgan fingerprint density at radius 1 is 1.48 bits per heavy atom. The molecule has 0 saturated heterocycles. The Kier molecular flexibility index (Phi) is 2.79. The third kappa shape index (κ3) is 1.61. The standard InChI is InChI=1S/C14H13N3O4/c15-7-13(8-16)9-3-4-14(18,6-9)12(17(19)20)11(13)10-2-1-5-21-10/h1-2,5,9,11-12,18H,3-4,6H2/t9-,11-,12-,14-/m1/s1. The third-order valence-electron chi connectivity index (χ3n) is 4.97. The van der Waals surface area contributed by atoms with Crippen LogP contribution in [0.2, 0.25) is 0 Å². The van der Waals surface area contributed by atoms with Crippen LogP contribution in [-0.2, 0) is 0 Å². The lowest BCUT2D eigenvalue weighted by Crippen LogP contribution is -2.57. The first-order valence-electron chi connectivity index (χ1n) is 6.70. The first-order chi connectivity index (χ1) is 9.98. The van der Waals surface area contributed by atoms with Gasteiger partial charge in [-0.15, -0.1) is 0 Å². The Hall–Kier alpha value is -2.38. The zero-order valence-corrected chi connectivity index (χ0v) is 11.1. The van der Waals surface area contributed by atoms with E-state index in [-0.39, 0.29) is 24.5 Å². The van der Waals surface area contributed by atoms with Gasteiger partial charge in [0.2, 0.25) is 0 Å². The van der Waals surface area contributed by atoms with Gasteiger partial charge in [0.25, 0.3) is 6.04 Å². The second-order valence-corrected chi connectivity index (χ2v) is 5.86. The topological polar surface area (TPSA) is 124 Å². The number of hydrogen-bond donors (Lipinski definition) is 1. The molecule has 0 spiro atoms. The highest BCUT2D eigenvalue weighted by Crippen LogP contribution is 2.60. The first-order valence-corrected chi connectivity index (χ1v) is 6.70. The fourth-order valence-corrected chi connectivity index (χ4v) is 4.04. The Balaban J connectivity index is 2.24. The Morgan fingerprint density at radius 3 is 2.71 bits per heavy atom. The van der Waals surface area contributed by atoms with E-state index in [1.807, 2.05) is 12.1 Å². The van der Waals surface area contributed by atoms with Gasteiger partial charge in [-0.3, -0.25) is 10.1 Å². The molecule has 7 heteroatoms. The largest absolute Gasteiger partial charge is 0.469 e. The molecule has 1 N–H and O–H groups in total. The van der Waals surface area contributed by atoms with Gasteiger partial charge in [-0.05, 0) is 37.3 Å². The zero-order valence-electron chi connectivity index (χ0n) is 11.1. The van der Waals surface area contributed by atoms with Gasteiger partial charge in [-0.2, -0.15) is 10.5 Å². The van der Waals surface area contributed by atoms with E-state index >= 15 is 0 Å². The van der Waals surface area contributed by atoms with Crippen LogP contribution in [0.4, 0.5) is 0 Å². The van der Waals surface area contributed by atoms with Crippen LogP contribution in [0.5, 0.6) is 0 Å². The normalized spacial score (nSPS) is 36.6. The molecule has 0 unspecified atom stereocenters. The molecule has 1 aromatic heterocycles. The van der Waals surface area contributed by atoms with Crippen LogP contribution in [0, 0.1) is 44.1 Å². The van der Waals surface area contributed by atoms with E-state index in [1.54, 1.807) is 6.07 Å². The van der Waals surface area contributed by atoms with E-state index in [1.165, 1.54) is 12.3 Å². The van der Waals surface area contributed by atoms with Crippen molar-refractivity contribution in [2.45, 2.75) is 36.8 Å². The molecule has 2 saturated carbocycles. The molecule has 0 aliphatic heterocycles. The minimum Gasteiger partial charge on any atom is -0.469 e. The summed E-state index contributed by atoms with van der Waals surface area (Å²) in [6, 6.07) is 5.67. The van der Waals surface area contributed by atoms with E-state index in [4.69, 9.17) is 4.42 Å². The summed E-state index contributed by atoms with van der Waals surface area (Å²) >= 11 is 0. The molecule has 108 valence electrons. The quantitative estimate of drug-likeness (QED) is 0.650. The van der Waals surface area contributed by atoms with Gasteiger partial charge >= 0.3 is 0 Å². The summed E-state index contributed by atoms with van der Waals surface area (Å²) in [6.45, 7) is 0. The molecular formula is C14H13N3O4. The molecule has 2 bridgehead atoms. The molecule has 1 heterocycles. The Bertz CT molecular complexity index is 643. The zero-order chi connectivity index (χ0) is 15.3. The van der Waals surface area contributed by atoms with Gasteiger partial charge in [0.1, 0.15) is 17.3 Å². The van der Waals surface area contributed by atoms with Crippen molar-refractivity contribution in [3.63, 3.8) is 0 Å².